The maximum Gasteiger partial charge on any atom is 0.338 e. The SMILES string of the molecule is CCOC(=O)C1=C(C)N=c2s/c(=C\c3ccc(Sc4nc5ccccc5s4)o3)c(=O)n2[C@H]1c1ccc(Cl)cc1. The summed E-state index contributed by atoms with van der Waals surface area (Å²) in [6.07, 6.45) is 1.70. The molecular formula is C28H20ClN3O4S3. The Balaban J connectivity index is 1.39. The van der Waals surface area contributed by atoms with Gasteiger partial charge in [-0.2, -0.15) is 0 Å². The van der Waals surface area contributed by atoms with E-state index in [9.17, 15) is 9.59 Å². The van der Waals surface area contributed by atoms with Gasteiger partial charge in [0.05, 0.1) is 38.7 Å². The normalized spacial score (nSPS) is 15.5. The van der Waals surface area contributed by atoms with Crippen molar-refractivity contribution in [1.82, 2.24) is 9.55 Å². The Morgan fingerprint density at radius 2 is 1.95 bits per heavy atom. The molecule has 1 aliphatic heterocycles. The molecule has 0 fully saturated rings. The molecule has 0 bridgehead atoms. The molecule has 0 unspecified atom stereocenters. The molecule has 196 valence electrons. The molecule has 0 amide bonds. The lowest BCUT2D eigenvalue weighted by atomic mass is 9.96. The van der Waals surface area contributed by atoms with Crippen molar-refractivity contribution in [2.24, 2.45) is 4.99 Å². The zero-order chi connectivity index (χ0) is 27.1. The summed E-state index contributed by atoms with van der Waals surface area (Å²) < 4.78 is 15.3. The third kappa shape index (κ3) is 5.00. The van der Waals surface area contributed by atoms with E-state index in [-0.39, 0.29) is 12.2 Å². The van der Waals surface area contributed by atoms with Crippen LogP contribution in [0.25, 0.3) is 16.3 Å². The lowest BCUT2D eigenvalue weighted by Crippen LogP contribution is -2.39. The molecule has 7 nitrogen and oxygen atoms in total. The summed E-state index contributed by atoms with van der Waals surface area (Å²) in [5, 5.41) is 1.23. The number of carbonyl (C=O) groups excluding carboxylic acids is 1. The maximum atomic E-state index is 13.7. The summed E-state index contributed by atoms with van der Waals surface area (Å²) in [6.45, 7) is 3.71. The summed E-state index contributed by atoms with van der Waals surface area (Å²) in [7, 11) is 0. The summed E-state index contributed by atoms with van der Waals surface area (Å²) in [5.41, 5.74) is 2.24. The molecule has 6 rings (SSSR count). The predicted molar refractivity (Wildman–Crippen MR) is 154 cm³/mol. The predicted octanol–water partition coefficient (Wildman–Crippen LogP) is 5.81. The molecule has 2 aromatic carbocycles. The Labute approximate surface area is 239 Å². The summed E-state index contributed by atoms with van der Waals surface area (Å²) in [6, 6.07) is 18.0. The lowest BCUT2D eigenvalue weighted by molar-refractivity contribution is -0.139. The largest absolute Gasteiger partial charge is 0.463 e. The standard InChI is InChI=1S/C28H20ClN3O4S3/c1-3-35-26(34)23-15(2)30-27-32(24(23)16-8-10-17(29)11-9-16)25(33)21(37-27)14-18-12-13-22(36-18)39-28-31-19-6-4-5-7-20(19)38-28/h4-14,24H,3H2,1-2H3/b21-14-/t24-/m0/s1. The second kappa shape index (κ2) is 10.6. The van der Waals surface area contributed by atoms with Crippen molar-refractivity contribution in [3.8, 4) is 0 Å². The van der Waals surface area contributed by atoms with E-state index in [4.69, 9.17) is 20.8 Å². The molecule has 0 saturated carbocycles. The number of para-hydroxylation sites is 1. The van der Waals surface area contributed by atoms with Crippen LogP contribution < -0.4 is 14.9 Å². The summed E-state index contributed by atoms with van der Waals surface area (Å²) in [4.78, 5) is 36.4. The first-order valence-electron chi connectivity index (χ1n) is 12.0. The van der Waals surface area contributed by atoms with Gasteiger partial charge >= 0.3 is 5.97 Å². The van der Waals surface area contributed by atoms with Crippen molar-refractivity contribution in [3.63, 3.8) is 0 Å². The van der Waals surface area contributed by atoms with Gasteiger partial charge in [-0.05, 0) is 67.6 Å². The number of furan rings is 1. The van der Waals surface area contributed by atoms with Gasteiger partial charge in [0.25, 0.3) is 5.56 Å². The van der Waals surface area contributed by atoms with Gasteiger partial charge in [0.2, 0.25) is 0 Å². The van der Waals surface area contributed by atoms with Gasteiger partial charge in [0, 0.05) is 11.1 Å². The highest BCUT2D eigenvalue weighted by atomic mass is 35.5. The van der Waals surface area contributed by atoms with Crippen LogP contribution in [0.3, 0.4) is 0 Å². The van der Waals surface area contributed by atoms with Crippen molar-refractivity contribution in [1.29, 1.82) is 0 Å². The Bertz CT molecular complexity index is 1900. The van der Waals surface area contributed by atoms with Crippen molar-refractivity contribution in [2.45, 2.75) is 29.3 Å². The minimum atomic E-state index is -0.693. The highest BCUT2D eigenvalue weighted by Crippen LogP contribution is 2.35. The number of nitrogens with zero attached hydrogens (tertiary/aromatic N) is 3. The fraction of sp³-hybridized carbons (Fsp3) is 0.143. The molecule has 1 aliphatic rings. The topological polar surface area (TPSA) is 86.7 Å². The quantitative estimate of drug-likeness (QED) is 0.231. The van der Waals surface area contributed by atoms with E-state index in [1.54, 1.807) is 60.1 Å². The van der Waals surface area contributed by atoms with Crippen LogP contribution >= 0.6 is 46.0 Å². The zero-order valence-electron chi connectivity index (χ0n) is 20.7. The number of allylic oxidation sites excluding steroid dienone is 1. The van der Waals surface area contributed by atoms with E-state index in [0.717, 1.165) is 20.1 Å². The molecule has 3 aromatic heterocycles. The fourth-order valence-electron chi connectivity index (χ4n) is 4.33. The zero-order valence-corrected chi connectivity index (χ0v) is 23.9. The van der Waals surface area contributed by atoms with E-state index in [1.807, 2.05) is 36.4 Å². The molecule has 0 aliphatic carbocycles. The maximum absolute atomic E-state index is 13.7. The Kier molecular flexibility index (Phi) is 7.03. The smallest absolute Gasteiger partial charge is 0.338 e. The number of aromatic nitrogens is 2. The number of carbonyl (C=O) groups is 1. The van der Waals surface area contributed by atoms with Gasteiger partial charge in [0.15, 0.2) is 14.2 Å². The van der Waals surface area contributed by atoms with Crippen LogP contribution in [-0.2, 0) is 9.53 Å². The molecule has 0 N–H and O–H groups in total. The number of benzene rings is 2. The van der Waals surface area contributed by atoms with Gasteiger partial charge in [-0.25, -0.2) is 14.8 Å². The van der Waals surface area contributed by atoms with Gasteiger partial charge in [0.1, 0.15) is 5.76 Å². The highest BCUT2D eigenvalue weighted by molar-refractivity contribution is 8.01. The van der Waals surface area contributed by atoms with E-state index < -0.39 is 12.0 Å². The van der Waals surface area contributed by atoms with Crippen LogP contribution in [-0.4, -0.2) is 22.1 Å². The van der Waals surface area contributed by atoms with Gasteiger partial charge in [-0.1, -0.05) is 47.2 Å². The minimum Gasteiger partial charge on any atom is -0.463 e. The van der Waals surface area contributed by atoms with Gasteiger partial charge in [-0.15, -0.1) is 11.3 Å². The Hall–Kier alpha value is -3.44. The number of thiazole rings is 2. The Morgan fingerprint density at radius 3 is 2.72 bits per heavy atom. The molecule has 1 atom stereocenters. The van der Waals surface area contributed by atoms with Crippen LogP contribution in [0.4, 0.5) is 0 Å². The van der Waals surface area contributed by atoms with Crippen molar-refractivity contribution in [3.05, 3.63) is 108 Å². The molecule has 0 saturated heterocycles. The van der Waals surface area contributed by atoms with Crippen LogP contribution in [0.1, 0.15) is 31.2 Å². The first-order chi connectivity index (χ1) is 18.9. The van der Waals surface area contributed by atoms with Crippen molar-refractivity contribution >= 4 is 68.3 Å². The molecule has 4 heterocycles. The summed E-state index contributed by atoms with van der Waals surface area (Å²) in [5.74, 6) is 0.0313. The lowest BCUT2D eigenvalue weighted by Gasteiger charge is -2.24. The van der Waals surface area contributed by atoms with Crippen molar-refractivity contribution < 1.29 is 13.9 Å². The average Bonchev–Trinajstić information content (AvgIpc) is 3.61. The van der Waals surface area contributed by atoms with E-state index >= 15 is 0 Å². The van der Waals surface area contributed by atoms with Crippen LogP contribution in [0, 0.1) is 0 Å². The number of ether oxygens (including phenoxy) is 1. The van der Waals surface area contributed by atoms with E-state index in [1.165, 1.54) is 23.1 Å². The molecular weight excluding hydrogens is 574 g/mol. The second-order valence-corrected chi connectivity index (χ2v) is 12.3. The highest BCUT2D eigenvalue weighted by Gasteiger charge is 2.33. The third-order valence-corrected chi connectivity index (χ3v) is 9.29. The van der Waals surface area contributed by atoms with E-state index in [2.05, 4.69) is 9.98 Å². The summed E-state index contributed by atoms with van der Waals surface area (Å²) >= 11 is 10.4. The molecule has 11 heteroatoms. The molecule has 0 spiro atoms. The molecule has 0 radical (unpaired) electrons. The van der Waals surface area contributed by atoms with Crippen LogP contribution in [0.15, 0.2) is 95.6 Å². The number of halogens is 1. The van der Waals surface area contributed by atoms with Crippen molar-refractivity contribution in [2.75, 3.05) is 6.61 Å². The number of hydrogen-bond acceptors (Lipinski definition) is 9. The van der Waals surface area contributed by atoms with Gasteiger partial charge in [-0.3, -0.25) is 9.36 Å². The monoisotopic (exact) mass is 593 g/mol. The third-order valence-electron chi connectivity index (χ3n) is 6.04. The molecule has 5 aromatic rings. The number of fused-ring (bicyclic) bond motifs is 2. The number of esters is 1. The second-order valence-electron chi connectivity index (χ2n) is 8.56. The minimum absolute atomic E-state index is 0.212. The number of hydrogen-bond donors (Lipinski definition) is 0. The Morgan fingerprint density at radius 1 is 1.15 bits per heavy atom. The fourth-order valence-corrected chi connectivity index (χ4v) is 7.45. The van der Waals surface area contributed by atoms with E-state index in [0.29, 0.717) is 36.5 Å². The van der Waals surface area contributed by atoms with Gasteiger partial charge < -0.3 is 9.15 Å². The first-order valence-corrected chi connectivity index (χ1v) is 14.8. The first kappa shape index (κ1) is 25.8. The van der Waals surface area contributed by atoms with Crippen LogP contribution in [0.5, 0.6) is 0 Å². The molecule has 39 heavy (non-hydrogen) atoms. The number of rotatable bonds is 6. The average molecular weight is 594 g/mol. The van der Waals surface area contributed by atoms with Crippen LogP contribution in [0.2, 0.25) is 5.02 Å².